The van der Waals surface area contributed by atoms with Crippen molar-refractivity contribution in [1.29, 1.82) is 0 Å². The topological polar surface area (TPSA) is 34.4 Å². The number of para-hydroxylation sites is 1. The zero-order valence-electron chi connectivity index (χ0n) is 12.4. The van der Waals surface area contributed by atoms with E-state index in [2.05, 4.69) is 12.2 Å². The monoisotopic (exact) mass is 291 g/mol. The Balaban J connectivity index is 1.82. The molecule has 1 aromatic heterocycles. The lowest BCUT2D eigenvalue weighted by Crippen LogP contribution is -2.28. The summed E-state index contributed by atoms with van der Waals surface area (Å²) in [5, 5.41) is 4.25. The zero-order valence-corrected chi connectivity index (χ0v) is 12.4. The predicted octanol–water partition coefficient (Wildman–Crippen LogP) is 4.18. The van der Waals surface area contributed by atoms with Gasteiger partial charge in [0.05, 0.1) is 12.1 Å². The summed E-state index contributed by atoms with van der Waals surface area (Å²) in [6.45, 7) is 3.76. The highest BCUT2D eigenvalue weighted by Gasteiger charge is 2.23. The van der Waals surface area contributed by atoms with Gasteiger partial charge in [0.2, 0.25) is 0 Å². The Hall–Kier alpha value is -1.39. The summed E-state index contributed by atoms with van der Waals surface area (Å²) in [6.07, 6.45) is 4.60. The molecule has 3 rings (SSSR count). The molecule has 0 bridgehead atoms. The molecule has 0 radical (unpaired) electrons. The van der Waals surface area contributed by atoms with Crippen LogP contribution in [-0.2, 0) is 4.74 Å². The van der Waals surface area contributed by atoms with Gasteiger partial charge in [0.25, 0.3) is 0 Å². The van der Waals surface area contributed by atoms with Crippen molar-refractivity contribution in [2.75, 3.05) is 13.2 Å². The zero-order chi connectivity index (χ0) is 14.7. The molecule has 0 amide bonds. The third kappa shape index (κ3) is 3.27. The van der Waals surface area contributed by atoms with Gasteiger partial charge in [0.1, 0.15) is 5.76 Å². The second-order valence-corrected chi connectivity index (χ2v) is 5.64. The predicted molar refractivity (Wildman–Crippen MR) is 80.8 cm³/mol. The van der Waals surface area contributed by atoms with Crippen molar-refractivity contribution in [2.24, 2.45) is 0 Å². The molecule has 2 heterocycles. The van der Waals surface area contributed by atoms with Crippen molar-refractivity contribution in [2.45, 2.75) is 44.8 Å². The van der Waals surface area contributed by atoms with Crippen LogP contribution < -0.4 is 5.32 Å². The average Bonchev–Trinajstić information content (AvgIpc) is 2.93. The number of halogens is 1. The van der Waals surface area contributed by atoms with Crippen LogP contribution in [0.2, 0.25) is 0 Å². The Kier molecular flexibility index (Phi) is 4.56. The molecule has 2 aromatic rings. The quantitative estimate of drug-likeness (QED) is 0.897. The Bertz CT molecular complexity index is 589. The number of benzene rings is 1. The maximum atomic E-state index is 13.8. The largest absolute Gasteiger partial charge is 0.456 e. The highest BCUT2D eigenvalue weighted by Crippen LogP contribution is 2.30. The van der Waals surface area contributed by atoms with E-state index in [0.717, 1.165) is 43.6 Å². The minimum absolute atomic E-state index is 0.0740. The van der Waals surface area contributed by atoms with E-state index in [1.165, 1.54) is 12.5 Å². The molecule has 3 nitrogen and oxygen atoms in total. The van der Waals surface area contributed by atoms with Crippen molar-refractivity contribution >= 4 is 11.0 Å². The maximum Gasteiger partial charge on any atom is 0.169 e. The van der Waals surface area contributed by atoms with E-state index in [4.69, 9.17) is 9.15 Å². The third-order valence-corrected chi connectivity index (χ3v) is 4.08. The van der Waals surface area contributed by atoms with Crippen molar-refractivity contribution in [1.82, 2.24) is 5.32 Å². The van der Waals surface area contributed by atoms with Gasteiger partial charge in [-0.25, -0.2) is 4.39 Å². The maximum absolute atomic E-state index is 13.8. The molecule has 21 heavy (non-hydrogen) atoms. The summed E-state index contributed by atoms with van der Waals surface area (Å²) in [4.78, 5) is 0. The molecule has 1 fully saturated rings. The standard InChI is InChI=1S/C17H22FNO2/c1-2-19-15(11-13-7-3-4-9-20-13)16-10-12-6-5-8-14(18)17(12)21-16/h5-6,8,10,13,15,19H,2-4,7,9,11H2,1H3. The first-order valence-electron chi connectivity index (χ1n) is 7.81. The average molecular weight is 291 g/mol. The first-order valence-corrected chi connectivity index (χ1v) is 7.81. The van der Waals surface area contributed by atoms with Gasteiger partial charge < -0.3 is 14.5 Å². The molecule has 1 aliphatic heterocycles. The number of hydrogen-bond donors (Lipinski definition) is 1. The summed E-state index contributed by atoms with van der Waals surface area (Å²) in [6, 6.07) is 7.04. The summed E-state index contributed by atoms with van der Waals surface area (Å²) in [7, 11) is 0. The van der Waals surface area contributed by atoms with Crippen LogP contribution in [0.15, 0.2) is 28.7 Å². The summed E-state index contributed by atoms with van der Waals surface area (Å²) in [5.41, 5.74) is 0.347. The number of furan rings is 1. The number of ether oxygens (including phenoxy) is 1. The van der Waals surface area contributed by atoms with Crippen molar-refractivity contribution < 1.29 is 13.5 Å². The minimum Gasteiger partial charge on any atom is -0.456 e. The Labute approximate surface area is 124 Å². The Morgan fingerprint density at radius 1 is 1.38 bits per heavy atom. The van der Waals surface area contributed by atoms with Gasteiger partial charge in [-0.15, -0.1) is 0 Å². The van der Waals surface area contributed by atoms with Crippen LogP contribution in [0.4, 0.5) is 4.39 Å². The molecule has 4 heteroatoms. The van der Waals surface area contributed by atoms with E-state index in [1.54, 1.807) is 6.07 Å². The summed E-state index contributed by atoms with van der Waals surface area (Å²) < 4.78 is 25.3. The summed E-state index contributed by atoms with van der Waals surface area (Å²) >= 11 is 0. The smallest absolute Gasteiger partial charge is 0.169 e. The molecular formula is C17H22FNO2. The van der Waals surface area contributed by atoms with E-state index in [0.29, 0.717) is 5.58 Å². The number of fused-ring (bicyclic) bond motifs is 1. The molecule has 1 saturated heterocycles. The second-order valence-electron chi connectivity index (χ2n) is 5.64. The van der Waals surface area contributed by atoms with E-state index in [-0.39, 0.29) is 18.0 Å². The van der Waals surface area contributed by atoms with Crippen LogP contribution >= 0.6 is 0 Å². The van der Waals surface area contributed by atoms with Crippen LogP contribution in [0, 0.1) is 5.82 Å². The fourth-order valence-corrected chi connectivity index (χ4v) is 3.02. The molecule has 2 unspecified atom stereocenters. The van der Waals surface area contributed by atoms with Crippen LogP contribution in [0.25, 0.3) is 11.0 Å². The van der Waals surface area contributed by atoms with Gasteiger partial charge in [-0.05, 0) is 44.4 Å². The van der Waals surface area contributed by atoms with Gasteiger partial charge in [-0.2, -0.15) is 0 Å². The van der Waals surface area contributed by atoms with Crippen LogP contribution in [-0.4, -0.2) is 19.3 Å². The molecule has 2 atom stereocenters. The molecule has 1 aliphatic rings. The fraction of sp³-hybridized carbons (Fsp3) is 0.529. The lowest BCUT2D eigenvalue weighted by atomic mass is 10.00. The molecule has 114 valence electrons. The fourth-order valence-electron chi connectivity index (χ4n) is 3.02. The van der Waals surface area contributed by atoms with E-state index >= 15 is 0 Å². The van der Waals surface area contributed by atoms with Crippen molar-refractivity contribution in [3.63, 3.8) is 0 Å². The Morgan fingerprint density at radius 2 is 2.29 bits per heavy atom. The number of rotatable bonds is 5. The second kappa shape index (κ2) is 6.58. The van der Waals surface area contributed by atoms with Gasteiger partial charge >= 0.3 is 0 Å². The lowest BCUT2D eigenvalue weighted by molar-refractivity contribution is 0.00391. The van der Waals surface area contributed by atoms with Crippen LogP contribution in [0.5, 0.6) is 0 Å². The van der Waals surface area contributed by atoms with Crippen molar-refractivity contribution in [3.8, 4) is 0 Å². The van der Waals surface area contributed by atoms with E-state index in [1.807, 2.05) is 12.1 Å². The molecule has 0 spiro atoms. The highest BCUT2D eigenvalue weighted by molar-refractivity contribution is 5.78. The van der Waals surface area contributed by atoms with E-state index < -0.39 is 0 Å². The molecule has 0 saturated carbocycles. The van der Waals surface area contributed by atoms with Gasteiger partial charge in [0.15, 0.2) is 11.4 Å². The lowest BCUT2D eigenvalue weighted by Gasteiger charge is -2.26. The van der Waals surface area contributed by atoms with Crippen LogP contribution in [0.1, 0.15) is 44.4 Å². The first kappa shape index (κ1) is 14.5. The van der Waals surface area contributed by atoms with Gasteiger partial charge in [0, 0.05) is 12.0 Å². The highest BCUT2D eigenvalue weighted by atomic mass is 19.1. The van der Waals surface area contributed by atoms with Gasteiger partial charge in [-0.1, -0.05) is 19.1 Å². The molecule has 1 aromatic carbocycles. The van der Waals surface area contributed by atoms with Crippen LogP contribution in [0.3, 0.4) is 0 Å². The first-order chi connectivity index (χ1) is 10.3. The Morgan fingerprint density at radius 3 is 3.00 bits per heavy atom. The molecule has 1 N–H and O–H groups in total. The molecular weight excluding hydrogens is 269 g/mol. The number of hydrogen-bond acceptors (Lipinski definition) is 3. The number of nitrogens with one attached hydrogen (secondary N) is 1. The van der Waals surface area contributed by atoms with Crippen molar-refractivity contribution in [3.05, 3.63) is 35.8 Å². The molecule has 0 aliphatic carbocycles. The minimum atomic E-state index is -0.303. The van der Waals surface area contributed by atoms with Gasteiger partial charge in [-0.3, -0.25) is 0 Å². The third-order valence-electron chi connectivity index (χ3n) is 4.08. The SMILES string of the molecule is CCNC(CC1CCCCO1)c1cc2cccc(F)c2o1. The summed E-state index contributed by atoms with van der Waals surface area (Å²) in [5.74, 6) is 0.494. The normalized spacial score (nSPS) is 20.8. The van der Waals surface area contributed by atoms with E-state index in [9.17, 15) is 4.39 Å².